The van der Waals surface area contributed by atoms with Gasteiger partial charge in [0, 0.05) is 12.1 Å². The second kappa shape index (κ2) is 9.14. The normalized spacial score (nSPS) is 12.0. The highest BCUT2D eigenvalue weighted by atomic mass is 16.5. The quantitative estimate of drug-likeness (QED) is 0.752. The van der Waals surface area contributed by atoms with E-state index in [-0.39, 0.29) is 12.5 Å². The van der Waals surface area contributed by atoms with Crippen LogP contribution in [-0.4, -0.2) is 25.7 Å². The SMILES string of the molecule is CCOc1cc(C#N)c(NC(=O)COc2ccc3c(c2)CCC3)cc1OCC. The van der Waals surface area contributed by atoms with Gasteiger partial charge in [0.2, 0.25) is 0 Å². The Kier molecular flexibility index (Phi) is 6.38. The van der Waals surface area contributed by atoms with Crippen LogP contribution in [0.15, 0.2) is 30.3 Å². The van der Waals surface area contributed by atoms with Gasteiger partial charge in [0.1, 0.15) is 11.8 Å². The summed E-state index contributed by atoms with van der Waals surface area (Å²) in [6.07, 6.45) is 3.32. The van der Waals surface area contributed by atoms with Crippen molar-refractivity contribution in [2.45, 2.75) is 33.1 Å². The van der Waals surface area contributed by atoms with Crippen LogP contribution in [0.5, 0.6) is 17.2 Å². The van der Waals surface area contributed by atoms with Crippen LogP contribution in [0.25, 0.3) is 0 Å². The number of rotatable bonds is 8. The van der Waals surface area contributed by atoms with Crippen LogP contribution in [0.2, 0.25) is 0 Å². The number of nitriles is 1. The van der Waals surface area contributed by atoms with Crippen LogP contribution >= 0.6 is 0 Å². The van der Waals surface area contributed by atoms with E-state index in [1.165, 1.54) is 11.1 Å². The Labute approximate surface area is 165 Å². The number of amides is 1. The Balaban J connectivity index is 1.68. The lowest BCUT2D eigenvalue weighted by molar-refractivity contribution is -0.118. The Hall–Kier alpha value is -3.20. The fraction of sp³-hybridized carbons (Fsp3) is 0.364. The van der Waals surface area contributed by atoms with Crippen LogP contribution in [0.1, 0.15) is 37.0 Å². The summed E-state index contributed by atoms with van der Waals surface area (Å²) in [6, 6.07) is 11.2. The van der Waals surface area contributed by atoms with Gasteiger partial charge in [0.05, 0.1) is 24.5 Å². The Morgan fingerprint density at radius 2 is 1.75 bits per heavy atom. The summed E-state index contributed by atoms with van der Waals surface area (Å²) in [5, 5.41) is 12.1. The van der Waals surface area contributed by atoms with Crippen LogP contribution in [0.3, 0.4) is 0 Å². The molecular weight excluding hydrogens is 356 g/mol. The van der Waals surface area contributed by atoms with E-state index >= 15 is 0 Å². The number of nitrogens with zero attached hydrogens (tertiary/aromatic N) is 1. The molecule has 0 aromatic heterocycles. The molecule has 0 saturated carbocycles. The summed E-state index contributed by atoms with van der Waals surface area (Å²) in [5.41, 5.74) is 3.32. The van der Waals surface area contributed by atoms with E-state index in [0.717, 1.165) is 19.3 Å². The number of benzene rings is 2. The molecule has 0 heterocycles. The summed E-state index contributed by atoms with van der Waals surface area (Å²) >= 11 is 0. The van der Waals surface area contributed by atoms with Crippen molar-refractivity contribution in [1.82, 2.24) is 0 Å². The van der Waals surface area contributed by atoms with E-state index in [2.05, 4.69) is 17.5 Å². The van der Waals surface area contributed by atoms with Crippen molar-refractivity contribution in [2.75, 3.05) is 25.1 Å². The third kappa shape index (κ3) is 4.55. The van der Waals surface area contributed by atoms with E-state index in [1.54, 1.807) is 12.1 Å². The number of ether oxygens (including phenoxy) is 3. The van der Waals surface area contributed by atoms with E-state index in [4.69, 9.17) is 14.2 Å². The molecule has 28 heavy (non-hydrogen) atoms. The average molecular weight is 380 g/mol. The zero-order chi connectivity index (χ0) is 19.9. The van der Waals surface area contributed by atoms with Gasteiger partial charge in [0.15, 0.2) is 18.1 Å². The molecule has 6 heteroatoms. The highest BCUT2D eigenvalue weighted by Gasteiger charge is 2.15. The molecule has 1 aliphatic carbocycles. The average Bonchev–Trinajstić information content (AvgIpc) is 3.16. The van der Waals surface area contributed by atoms with Crippen molar-refractivity contribution in [1.29, 1.82) is 5.26 Å². The molecule has 146 valence electrons. The first-order chi connectivity index (χ1) is 13.6. The predicted molar refractivity (Wildman–Crippen MR) is 106 cm³/mol. The molecule has 3 rings (SSSR count). The van der Waals surface area contributed by atoms with Gasteiger partial charge in [-0.05, 0) is 56.4 Å². The number of nitrogens with one attached hydrogen (secondary N) is 1. The van der Waals surface area contributed by atoms with Crippen LogP contribution in [0.4, 0.5) is 5.69 Å². The van der Waals surface area contributed by atoms with Gasteiger partial charge in [-0.2, -0.15) is 5.26 Å². The molecule has 1 aliphatic rings. The van der Waals surface area contributed by atoms with Crippen molar-refractivity contribution in [3.05, 3.63) is 47.0 Å². The molecule has 0 atom stereocenters. The number of aryl methyl sites for hydroxylation is 2. The Morgan fingerprint density at radius 1 is 1.04 bits per heavy atom. The molecule has 0 unspecified atom stereocenters. The summed E-state index contributed by atoms with van der Waals surface area (Å²) in [6.45, 7) is 4.47. The molecule has 0 spiro atoms. The number of carbonyl (C=O) groups excluding carboxylic acids is 1. The van der Waals surface area contributed by atoms with Crippen molar-refractivity contribution < 1.29 is 19.0 Å². The van der Waals surface area contributed by atoms with Gasteiger partial charge in [0.25, 0.3) is 5.91 Å². The summed E-state index contributed by atoms with van der Waals surface area (Å²) in [7, 11) is 0. The van der Waals surface area contributed by atoms with Crippen LogP contribution in [0, 0.1) is 11.3 Å². The lowest BCUT2D eigenvalue weighted by Crippen LogP contribution is -2.21. The minimum absolute atomic E-state index is 0.138. The highest BCUT2D eigenvalue weighted by molar-refractivity contribution is 5.93. The van der Waals surface area contributed by atoms with Crippen molar-refractivity contribution in [3.8, 4) is 23.3 Å². The van der Waals surface area contributed by atoms with Crippen molar-refractivity contribution in [3.63, 3.8) is 0 Å². The van der Waals surface area contributed by atoms with E-state index in [9.17, 15) is 10.1 Å². The maximum absolute atomic E-state index is 12.3. The molecular formula is C22H24N2O4. The first kappa shape index (κ1) is 19.6. The van der Waals surface area contributed by atoms with E-state index in [1.807, 2.05) is 26.0 Å². The monoisotopic (exact) mass is 380 g/mol. The lowest BCUT2D eigenvalue weighted by atomic mass is 10.1. The fourth-order valence-corrected chi connectivity index (χ4v) is 3.27. The Morgan fingerprint density at radius 3 is 2.46 bits per heavy atom. The summed E-state index contributed by atoms with van der Waals surface area (Å²) < 4.78 is 16.7. The van der Waals surface area contributed by atoms with Gasteiger partial charge in [-0.1, -0.05) is 6.07 Å². The molecule has 2 aromatic carbocycles. The molecule has 0 fully saturated rings. The third-order valence-corrected chi connectivity index (χ3v) is 4.52. The number of fused-ring (bicyclic) bond motifs is 1. The standard InChI is InChI=1S/C22H24N2O4/c1-3-26-20-11-17(13-23)19(12-21(20)27-4-2)24-22(25)14-28-18-9-8-15-6-5-7-16(15)10-18/h8-12H,3-7,14H2,1-2H3,(H,24,25). The molecule has 0 radical (unpaired) electrons. The maximum Gasteiger partial charge on any atom is 0.262 e. The summed E-state index contributed by atoms with van der Waals surface area (Å²) in [5.74, 6) is 1.30. The number of hydrogen-bond acceptors (Lipinski definition) is 5. The number of hydrogen-bond donors (Lipinski definition) is 1. The second-order valence-electron chi connectivity index (χ2n) is 6.44. The molecule has 2 aromatic rings. The van der Waals surface area contributed by atoms with Crippen LogP contribution in [-0.2, 0) is 17.6 Å². The van der Waals surface area contributed by atoms with Crippen molar-refractivity contribution in [2.24, 2.45) is 0 Å². The van der Waals surface area contributed by atoms with Gasteiger partial charge in [-0.3, -0.25) is 4.79 Å². The van der Waals surface area contributed by atoms with Gasteiger partial charge in [-0.15, -0.1) is 0 Å². The van der Waals surface area contributed by atoms with Crippen molar-refractivity contribution >= 4 is 11.6 Å². The van der Waals surface area contributed by atoms with Gasteiger partial charge >= 0.3 is 0 Å². The molecule has 1 N–H and O–H groups in total. The molecule has 0 aliphatic heterocycles. The zero-order valence-electron chi connectivity index (χ0n) is 16.2. The number of anilines is 1. The highest BCUT2D eigenvalue weighted by Crippen LogP contribution is 2.33. The molecule has 0 bridgehead atoms. The fourth-order valence-electron chi connectivity index (χ4n) is 3.27. The number of carbonyl (C=O) groups is 1. The topological polar surface area (TPSA) is 80.6 Å². The van der Waals surface area contributed by atoms with E-state index in [0.29, 0.717) is 41.7 Å². The lowest BCUT2D eigenvalue weighted by Gasteiger charge is -2.15. The van der Waals surface area contributed by atoms with Gasteiger partial charge < -0.3 is 19.5 Å². The maximum atomic E-state index is 12.3. The second-order valence-corrected chi connectivity index (χ2v) is 6.44. The minimum Gasteiger partial charge on any atom is -0.490 e. The summed E-state index contributed by atoms with van der Waals surface area (Å²) in [4.78, 5) is 12.3. The van der Waals surface area contributed by atoms with Crippen LogP contribution < -0.4 is 19.5 Å². The third-order valence-electron chi connectivity index (χ3n) is 4.52. The predicted octanol–water partition coefficient (Wildman–Crippen LogP) is 3.86. The first-order valence-electron chi connectivity index (χ1n) is 9.52. The largest absolute Gasteiger partial charge is 0.490 e. The smallest absolute Gasteiger partial charge is 0.262 e. The minimum atomic E-state index is -0.344. The zero-order valence-corrected chi connectivity index (χ0v) is 16.2. The molecule has 1 amide bonds. The Bertz CT molecular complexity index is 902. The molecule has 6 nitrogen and oxygen atoms in total. The molecule has 0 saturated heterocycles. The van der Waals surface area contributed by atoms with Gasteiger partial charge in [-0.25, -0.2) is 0 Å². The first-order valence-corrected chi connectivity index (χ1v) is 9.52. The van der Waals surface area contributed by atoms with E-state index < -0.39 is 0 Å².